The minimum absolute atomic E-state index is 0.557. The predicted octanol–water partition coefficient (Wildman–Crippen LogP) is 3.44. The van der Waals surface area contributed by atoms with Crippen LogP contribution < -0.4 is 5.73 Å². The van der Waals surface area contributed by atoms with Crippen LogP contribution in [0.3, 0.4) is 0 Å². The molecule has 3 rings (SSSR count). The molecule has 0 aliphatic carbocycles. The second kappa shape index (κ2) is 4.55. The number of halogens is 1. The maximum absolute atomic E-state index is 9.03. The van der Waals surface area contributed by atoms with Crippen LogP contribution in [0.15, 0.2) is 36.4 Å². The summed E-state index contributed by atoms with van der Waals surface area (Å²) in [5.41, 5.74) is 9.46. The van der Waals surface area contributed by atoms with Crippen molar-refractivity contribution in [1.29, 1.82) is 5.26 Å². The van der Waals surface area contributed by atoms with Crippen molar-refractivity contribution in [2.45, 2.75) is 6.92 Å². The van der Waals surface area contributed by atoms with Crippen molar-refractivity contribution in [2.24, 2.45) is 0 Å². The number of nitrogens with zero attached hydrogens (tertiary/aromatic N) is 3. The maximum atomic E-state index is 9.03. The zero-order chi connectivity index (χ0) is 14.3. The molecule has 0 amide bonds. The van der Waals surface area contributed by atoms with Gasteiger partial charge in [0.2, 0.25) is 0 Å². The highest BCUT2D eigenvalue weighted by Crippen LogP contribution is 2.28. The van der Waals surface area contributed by atoms with E-state index in [1.807, 2.05) is 29.7 Å². The van der Waals surface area contributed by atoms with Crippen LogP contribution in [0.4, 0.5) is 5.69 Å². The van der Waals surface area contributed by atoms with Gasteiger partial charge in [0.05, 0.1) is 33.4 Å². The highest BCUT2D eigenvalue weighted by atomic mass is 35.5. The molecular formula is C15H11ClN4. The summed E-state index contributed by atoms with van der Waals surface area (Å²) < 4.78 is 1.93. The topological polar surface area (TPSA) is 67.6 Å². The lowest BCUT2D eigenvalue weighted by Crippen LogP contribution is -1.98. The molecule has 1 heterocycles. The van der Waals surface area contributed by atoms with Gasteiger partial charge in [0.15, 0.2) is 0 Å². The fourth-order valence-electron chi connectivity index (χ4n) is 2.28. The van der Waals surface area contributed by atoms with Gasteiger partial charge in [-0.3, -0.25) is 4.57 Å². The third-order valence-electron chi connectivity index (χ3n) is 3.16. The van der Waals surface area contributed by atoms with Gasteiger partial charge in [-0.2, -0.15) is 5.26 Å². The second-order valence-electron chi connectivity index (χ2n) is 4.52. The summed E-state index contributed by atoms with van der Waals surface area (Å²) in [6.07, 6.45) is 0. The first-order valence-electron chi connectivity index (χ1n) is 6.05. The van der Waals surface area contributed by atoms with Gasteiger partial charge in [-0.05, 0) is 43.3 Å². The number of nitrogens with two attached hydrogens (primary N) is 1. The lowest BCUT2D eigenvalue weighted by molar-refractivity contribution is 1.00. The number of hydrogen-bond acceptors (Lipinski definition) is 3. The third-order valence-corrected chi connectivity index (χ3v) is 3.48. The molecule has 0 bridgehead atoms. The van der Waals surface area contributed by atoms with E-state index in [1.165, 1.54) is 0 Å². The fourth-order valence-corrected chi connectivity index (χ4v) is 2.48. The zero-order valence-electron chi connectivity index (χ0n) is 10.8. The summed E-state index contributed by atoms with van der Waals surface area (Å²) >= 11 is 6.27. The van der Waals surface area contributed by atoms with Crippen LogP contribution in [0.2, 0.25) is 5.02 Å². The monoisotopic (exact) mass is 282 g/mol. The first kappa shape index (κ1) is 12.5. The van der Waals surface area contributed by atoms with Gasteiger partial charge in [0, 0.05) is 5.69 Å². The average Bonchev–Trinajstić information content (AvgIpc) is 2.74. The fraction of sp³-hybridized carbons (Fsp3) is 0.0667. The minimum atomic E-state index is 0.557. The summed E-state index contributed by atoms with van der Waals surface area (Å²) in [5.74, 6) is 0.794. The Morgan fingerprint density at radius 3 is 2.80 bits per heavy atom. The van der Waals surface area contributed by atoms with Gasteiger partial charge in [-0.15, -0.1) is 0 Å². The van der Waals surface area contributed by atoms with E-state index in [-0.39, 0.29) is 0 Å². The number of benzene rings is 2. The number of imidazole rings is 1. The average molecular weight is 283 g/mol. The first-order valence-corrected chi connectivity index (χ1v) is 6.42. The van der Waals surface area contributed by atoms with Crippen LogP contribution in [0.1, 0.15) is 11.4 Å². The largest absolute Gasteiger partial charge is 0.399 e. The van der Waals surface area contributed by atoms with Crippen LogP contribution in [0.5, 0.6) is 0 Å². The summed E-state index contributed by atoms with van der Waals surface area (Å²) in [6, 6.07) is 12.8. The number of anilines is 1. The number of nitriles is 1. The van der Waals surface area contributed by atoms with Crippen LogP contribution in [-0.4, -0.2) is 9.55 Å². The number of fused-ring (bicyclic) bond motifs is 1. The maximum Gasteiger partial charge on any atom is 0.111 e. The number of hydrogen-bond donors (Lipinski definition) is 1. The van der Waals surface area contributed by atoms with Gasteiger partial charge in [-0.25, -0.2) is 4.98 Å². The molecule has 0 aliphatic heterocycles. The van der Waals surface area contributed by atoms with Crippen LogP contribution >= 0.6 is 11.6 Å². The molecule has 1 aromatic heterocycles. The summed E-state index contributed by atoms with van der Waals surface area (Å²) in [4.78, 5) is 4.49. The van der Waals surface area contributed by atoms with E-state index in [2.05, 4.69) is 11.1 Å². The van der Waals surface area contributed by atoms with E-state index in [9.17, 15) is 0 Å². The summed E-state index contributed by atoms with van der Waals surface area (Å²) in [7, 11) is 0. The second-order valence-corrected chi connectivity index (χ2v) is 4.93. The number of aromatic nitrogens is 2. The van der Waals surface area contributed by atoms with Gasteiger partial charge in [0.1, 0.15) is 5.82 Å². The Balaban J connectivity index is 2.35. The van der Waals surface area contributed by atoms with Crippen LogP contribution in [0.25, 0.3) is 16.7 Å². The highest BCUT2D eigenvalue weighted by Gasteiger charge is 2.12. The molecule has 20 heavy (non-hydrogen) atoms. The van der Waals surface area contributed by atoms with Crippen molar-refractivity contribution in [2.75, 3.05) is 5.73 Å². The van der Waals surface area contributed by atoms with Crippen molar-refractivity contribution >= 4 is 28.3 Å². The van der Waals surface area contributed by atoms with Gasteiger partial charge in [-0.1, -0.05) is 11.6 Å². The first-order chi connectivity index (χ1) is 9.60. The standard InChI is InChI=1S/C15H11ClN4/c1-9-19-13-7-11(18)3-5-14(13)20(9)15-6-10(8-17)2-4-12(15)16/h2-7H,18H2,1H3. The molecular weight excluding hydrogens is 272 g/mol. The van der Waals surface area contributed by atoms with Gasteiger partial charge >= 0.3 is 0 Å². The Bertz CT molecular complexity index is 858. The van der Waals surface area contributed by atoms with Crippen molar-refractivity contribution in [3.63, 3.8) is 0 Å². The molecule has 98 valence electrons. The number of rotatable bonds is 1. The predicted molar refractivity (Wildman–Crippen MR) is 79.9 cm³/mol. The number of aryl methyl sites for hydroxylation is 1. The molecule has 4 nitrogen and oxygen atoms in total. The molecule has 0 saturated carbocycles. The van der Waals surface area contributed by atoms with E-state index in [0.29, 0.717) is 16.3 Å². The van der Waals surface area contributed by atoms with E-state index < -0.39 is 0 Å². The minimum Gasteiger partial charge on any atom is -0.399 e. The zero-order valence-corrected chi connectivity index (χ0v) is 11.5. The van der Waals surface area contributed by atoms with Crippen LogP contribution in [0, 0.1) is 18.3 Å². The Morgan fingerprint density at radius 1 is 1.25 bits per heavy atom. The molecule has 2 N–H and O–H groups in total. The molecule has 0 spiro atoms. The molecule has 3 aromatic rings. The Hall–Kier alpha value is -2.51. The lowest BCUT2D eigenvalue weighted by atomic mass is 10.2. The van der Waals surface area contributed by atoms with E-state index in [1.54, 1.807) is 18.2 Å². The van der Waals surface area contributed by atoms with Crippen molar-refractivity contribution in [1.82, 2.24) is 9.55 Å². The van der Waals surface area contributed by atoms with Crippen molar-refractivity contribution in [3.8, 4) is 11.8 Å². The molecule has 0 atom stereocenters. The molecule has 0 unspecified atom stereocenters. The van der Waals surface area contributed by atoms with Crippen molar-refractivity contribution < 1.29 is 0 Å². The van der Waals surface area contributed by atoms with E-state index in [4.69, 9.17) is 22.6 Å². The molecule has 5 heteroatoms. The SMILES string of the molecule is Cc1nc2cc(N)ccc2n1-c1cc(C#N)ccc1Cl. The van der Waals surface area contributed by atoms with Crippen molar-refractivity contribution in [3.05, 3.63) is 52.8 Å². The van der Waals surface area contributed by atoms with Gasteiger partial charge < -0.3 is 5.73 Å². The normalized spacial score (nSPS) is 10.7. The van der Waals surface area contributed by atoms with E-state index in [0.717, 1.165) is 22.5 Å². The Morgan fingerprint density at radius 2 is 2.05 bits per heavy atom. The molecule has 0 aliphatic rings. The number of nitrogen functional groups attached to an aromatic ring is 1. The van der Waals surface area contributed by atoms with Gasteiger partial charge in [0.25, 0.3) is 0 Å². The Kier molecular flexibility index (Phi) is 2.85. The lowest BCUT2D eigenvalue weighted by Gasteiger charge is -2.09. The molecule has 0 fully saturated rings. The smallest absolute Gasteiger partial charge is 0.111 e. The summed E-state index contributed by atoms with van der Waals surface area (Å²) in [5, 5.41) is 9.61. The quantitative estimate of drug-likeness (QED) is 0.695. The Labute approximate surface area is 121 Å². The summed E-state index contributed by atoms with van der Waals surface area (Å²) in [6.45, 7) is 1.89. The third kappa shape index (κ3) is 1.89. The van der Waals surface area contributed by atoms with Crippen LogP contribution in [-0.2, 0) is 0 Å². The molecule has 2 aromatic carbocycles. The molecule has 0 radical (unpaired) electrons. The highest BCUT2D eigenvalue weighted by molar-refractivity contribution is 6.32. The molecule has 0 saturated heterocycles. The van der Waals surface area contributed by atoms with E-state index >= 15 is 0 Å².